The van der Waals surface area contributed by atoms with Gasteiger partial charge in [0.1, 0.15) is 0 Å². The number of nitrogens with one attached hydrogen (secondary N) is 1. The third-order valence-corrected chi connectivity index (χ3v) is 3.41. The van der Waals surface area contributed by atoms with Gasteiger partial charge in [0.15, 0.2) is 0 Å². The molecule has 1 N–H and O–H groups in total. The second kappa shape index (κ2) is 7.48. The van der Waals surface area contributed by atoms with Crippen LogP contribution in [0.15, 0.2) is 0 Å². The maximum absolute atomic E-state index is 6.33. The molecule has 0 spiro atoms. The lowest BCUT2D eigenvalue weighted by Crippen LogP contribution is -2.38. The molecule has 1 fully saturated rings. The van der Waals surface area contributed by atoms with Gasteiger partial charge in [-0.3, -0.25) is 0 Å². The Bertz CT molecular complexity index is 164. The van der Waals surface area contributed by atoms with Crippen molar-refractivity contribution in [2.24, 2.45) is 0 Å². The Balaban J connectivity index is 2.12. The van der Waals surface area contributed by atoms with Crippen molar-refractivity contribution in [3.8, 4) is 0 Å². The zero-order chi connectivity index (χ0) is 11.1. The summed E-state index contributed by atoms with van der Waals surface area (Å²) in [4.78, 5) is 0. The van der Waals surface area contributed by atoms with E-state index < -0.39 is 0 Å². The van der Waals surface area contributed by atoms with E-state index in [0.29, 0.717) is 17.5 Å². The van der Waals surface area contributed by atoms with E-state index in [1.807, 2.05) is 0 Å². The first-order valence-electron chi connectivity index (χ1n) is 6.19. The molecule has 0 saturated heterocycles. The molecular formula is C12H24ClNO. The van der Waals surface area contributed by atoms with E-state index in [-0.39, 0.29) is 0 Å². The van der Waals surface area contributed by atoms with Crippen LogP contribution in [0.25, 0.3) is 0 Å². The summed E-state index contributed by atoms with van der Waals surface area (Å²) in [6, 6.07) is 0.491. The predicted molar refractivity (Wildman–Crippen MR) is 65.6 cm³/mol. The molecule has 0 amide bonds. The first-order chi connectivity index (χ1) is 7.20. The van der Waals surface area contributed by atoms with Gasteiger partial charge in [0.25, 0.3) is 0 Å². The Labute approximate surface area is 98.7 Å². The molecule has 2 unspecified atom stereocenters. The van der Waals surface area contributed by atoms with Crippen LogP contribution >= 0.6 is 11.6 Å². The molecule has 0 aromatic carbocycles. The summed E-state index contributed by atoms with van der Waals surface area (Å²) >= 11 is 6.33. The van der Waals surface area contributed by atoms with Gasteiger partial charge < -0.3 is 10.1 Å². The zero-order valence-electron chi connectivity index (χ0n) is 9.97. The van der Waals surface area contributed by atoms with Crippen molar-refractivity contribution in [1.29, 1.82) is 0 Å². The summed E-state index contributed by atoms with van der Waals surface area (Å²) in [5.41, 5.74) is 0. The fourth-order valence-electron chi connectivity index (χ4n) is 2.03. The Morgan fingerprint density at radius 2 is 2.00 bits per heavy atom. The number of ether oxygens (including phenoxy) is 1. The lowest BCUT2D eigenvalue weighted by Gasteiger charge is -2.21. The van der Waals surface area contributed by atoms with E-state index in [4.69, 9.17) is 16.3 Å². The lowest BCUT2D eigenvalue weighted by molar-refractivity contribution is 0.0791. The molecule has 0 radical (unpaired) electrons. The molecule has 0 aliphatic heterocycles. The lowest BCUT2D eigenvalue weighted by atomic mass is 10.1. The molecular weight excluding hydrogens is 210 g/mol. The summed E-state index contributed by atoms with van der Waals surface area (Å²) in [6.07, 6.45) is 6.64. The highest BCUT2D eigenvalue weighted by molar-refractivity contribution is 6.21. The number of rotatable bonds is 5. The van der Waals surface area contributed by atoms with Crippen LogP contribution in [0.5, 0.6) is 0 Å². The normalized spacial score (nSPS) is 28.0. The van der Waals surface area contributed by atoms with Gasteiger partial charge in [-0.2, -0.15) is 0 Å². The van der Waals surface area contributed by atoms with Crippen LogP contribution in [-0.2, 0) is 4.74 Å². The van der Waals surface area contributed by atoms with Crippen molar-refractivity contribution in [1.82, 2.24) is 5.32 Å². The number of halogens is 1. The van der Waals surface area contributed by atoms with E-state index in [9.17, 15) is 0 Å². The average Bonchev–Trinajstić information content (AvgIpc) is 2.38. The van der Waals surface area contributed by atoms with Crippen LogP contribution in [0, 0.1) is 0 Å². The Morgan fingerprint density at radius 3 is 2.73 bits per heavy atom. The van der Waals surface area contributed by atoms with Gasteiger partial charge in [-0.05, 0) is 26.7 Å². The molecule has 1 aliphatic carbocycles. The molecule has 3 heteroatoms. The van der Waals surface area contributed by atoms with Crippen LogP contribution in [0.4, 0.5) is 0 Å². The molecule has 2 atom stereocenters. The quantitative estimate of drug-likeness (QED) is 0.448. The largest absolute Gasteiger partial charge is 0.377 e. The SMILES string of the molecule is CC(C)OCCNC1CCCCCC1Cl. The van der Waals surface area contributed by atoms with Gasteiger partial charge in [0, 0.05) is 18.0 Å². The molecule has 1 rings (SSSR count). The second-order valence-electron chi connectivity index (χ2n) is 4.63. The average molecular weight is 234 g/mol. The minimum Gasteiger partial charge on any atom is -0.377 e. The number of hydrogen-bond donors (Lipinski definition) is 1. The molecule has 1 saturated carbocycles. The smallest absolute Gasteiger partial charge is 0.0594 e. The Morgan fingerprint density at radius 1 is 1.27 bits per heavy atom. The van der Waals surface area contributed by atoms with Gasteiger partial charge in [0.2, 0.25) is 0 Å². The molecule has 0 aromatic heterocycles. The summed E-state index contributed by atoms with van der Waals surface area (Å²) in [6.45, 7) is 5.84. The highest BCUT2D eigenvalue weighted by Gasteiger charge is 2.20. The van der Waals surface area contributed by atoms with Crippen molar-refractivity contribution in [2.75, 3.05) is 13.2 Å². The first kappa shape index (κ1) is 13.3. The Kier molecular flexibility index (Phi) is 6.62. The van der Waals surface area contributed by atoms with Crippen LogP contribution in [0.3, 0.4) is 0 Å². The molecule has 0 bridgehead atoms. The first-order valence-corrected chi connectivity index (χ1v) is 6.63. The standard InChI is InChI=1S/C12H24ClNO/c1-10(2)15-9-8-14-12-7-5-3-4-6-11(12)13/h10-12,14H,3-9H2,1-2H3. The Hall–Kier alpha value is 0.210. The third-order valence-electron chi connectivity index (χ3n) is 2.89. The van der Waals surface area contributed by atoms with E-state index in [1.54, 1.807) is 0 Å². The highest BCUT2D eigenvalue weighted by Crippen LogP contribution is 2.22. The van der Waals surface area contributed by atoms with E-state index >= 15 is 0 Å². The minimum absolute atomic E-state index is 0.312. The van der Waals surface area contributed by atoms with Gasteiger partial charge in [-0.25, -0.2) is 0 Å². The predicted octanol–water partition coefficient (Wildman–Crippen LogP) is 2.94. The maximum atomic E-state index is 6.33. The fourth-order valence-corrected chi connectivity index (χ4v) is 2.40. The van der Waals surface area contributed by atoms with Crippen molar-refractivity contribution in [2.45, 2.75) is 63.5 Å². The zero-order valence-corrected chi connectivity index (χ0v) is 10.7. The second-order valence-corrected chi connectivity index (χ2v) is 5.19. The summed E-state index contributed by atoms with van der Waals surface area (Å²) in [5.74, 6) is 0. The summed E-state index contributed by atoms with van der Waals surface area (Å²) < 4.78 is 5.49. The number of hydrogen-bond acceptors (Lipinski definition) is 2. The fraction of sp³-hybridized carbons (Fsp3) is 1.00. The van der Waals surface area contributed by atoms with Crippen LogP contribution in [-0.4, -0.2) is 30.7 Å². The van der Waals surface area contributed by atoms with E-state index in [0.717, 1.165) is 19.6 Å². The van der Waals surface area contributed by atoms with Crippen molar-refractivity contribution < 1.29 is 4.74 Å². The molecule has 0 heterocycles. The van der Waals surface area contributed by atoms with Gasteiger partial charge in [0.05, 0.1) is 12.7 Å². The van der Waals surface area contributed by atoms with Gasteiger partial charge >= 0.3 is 0 Å². The summed E-state index contributed by atoms with van der Waals surface area (Å²) in [5, 5.41) is 3.82. The van der Waals surface area contributed by atoms with Crippen molar-refractivity contribution in [3.63, 3.8) is 0 Å². The van der Waals surface area contributed by atoms with E-state index in [2.05, 4.69) is 19.2 Å². The maximum Gasteiger partial charge on any atom is 0.0594 e. The molecule has 90 valence electrons. The highest BCUT2D eigenvalue weighted by atomic mass is 35.5. The molecule has 15 heavy (non-hydrogen) atoms. The summed E-state index contributed by atoms with van der Waals surface area (Å²) in [7, 11) is 0. The van der Waals surface area contributed by atoms with Crippen molar-refractivity contribution >= 4 is 11.6 Å². The van der Waals surface area contributed by atoms with Crippen molar-refractivity contribution in [3.05, 3.63) is 0 Å². The van der Waals surface area contributed by atoms with Crippen LogP contribution < -0.4 is 5.32 Å². The molecule has 0 aromatic rings. The third kappa shape index (κ3) is 5.74. The number of alkyl halides is 1. The monoisotopic (exact) mass is 233 g/mol. The molecule has 1 aliphatic rings. The van der Waals surface area contributed by atoms with Gasteiger partial charge in [-0.1, -0.05) is 19.3 Å². The molecule has 2 nitrogen and oxygen atoms in total. The minimum atomic E-state index is 0.312. The topological polar surface area (TPSA) is 21.3 Å². The van der Waals surface area contributed by atoms with Gasteiger partial charge in [-0.15, -0.1) is 11.6 Å². The van der Waals surface area contributed by atoms with E-state index in [1.165, 1.54) is 25.7 Å². The van der Waals surface area contributed by atoms with Crippen LogP contribution in [0.2, 0.25) is 0 Å². The van der Waals surface area contributed by atoms with Crippen LogP contribution in [0.1, 0.15) is 46.0 Å².